The van der Waals surface area contributed by atoms with E-state index in [9.17, 15) is 4.79 Å². The topological polar surface area (TPSA) is 72.9 Å². The summed E-state index contributed by atoms with van der Waals surface area (Å²) in [4.78, 5) is 12.0. The van der Waals surface area contributed by atoms with E-state index in [1.54, 1.807) is 29.1 Å². The molecule has 0 saturated heterocycles. The van der Waals surface area contributed by atoms with E-state index in [4.69, 9.17) is 5.73 Å². The number of nitrogens with zero attached hydrogens (tertiary/aromatic N) is 2. The summed E-state index contributed by atoms with van der Waals surface area (Å²) < 4.78 is 2.56. The smallest absolute Gasteiger partial charge is 0.251 e. The SMILES string of the molecule is CC(Cn1cccn1)NC(=O)c1ccc(Br)c(N)c1. The predicted octanol–water partition coefficient (Wildman–Crippen LogP) is 2.05. The summed E-state index contributed by atoms with van der Waals surface area (Å²) in [6.45, 7) is 2.56. The summed E-state index contributed by atoms with van der Waals surface area (Å²) in [7, 11) is 0. The van der Waals surface area contributed by atoms with Crippen molar-refractivity contribution in [1.29, 1.82) is 0 Å². The van der Waals surface area contributed by atoms with Crippen LogP contribution in [-0.2, 0) is 6.54 Å². The second kappa shape index (κ2) is 5.88. The molecule has 1 heterocycles. The van der Waals surface area contributed by atoms with Gasteiger partial charge in [0, 0.05) is 34.2 Å². The van der Waals surface area contributed by atoms with Crippen LogP contribution in [0, 0.1) is 0 Å². The molecule has 0 saturated carbocycles. The van der Waals surface area contributed by atoms with Crippen molar-refractivity contribution in [2.24, 2.45) is 0 Å². The van der Waals surface area contributed by atoms with Crippen LogP contribution < -0.4 is 11.1 Å². The molecule has 2 rings (SSSR count). The highest BCUT2D eigenvalue weighted by atomic mass is 79.9. The zero-order chi connectivity index (χ0) is 13.8. The van der Waals surface area contributed by atoms with Crippen molar-refractivity contribution in [3.63, 3.8) is 0 Å². The lowest BCUT2D eigenvalue weighted by Crippen LogP contribution is -2.35. The molecule has 0 aliphatic heterocycles. The van der Waals surface area contributed by atoms with Gasteiger partial charge in [0.25, 0.3) is 5.91 Å². The maximum atomic E-state index is 12.0. The van der Waals surface area contributed by atoms with E-state index in [2.05, 4.69) is 26.3 Å². The number of carbonyl (C=O) groups excluding carboxylic acids is 1. The summed E-state index contributed by atoms with van der Waals surface area (Å²) in [6, 6.07) is 6.99. The Morgan fingerprint density at radius 3 is 3.00 bits per heavy atom. The van der Waals surface area contributed by atoms with Gasteiger partial charge in [-0.1, -0.05) is 0 Å². The van der Waals surface area contributed by atoms with Gasteiger partial charge in [0.2, 0.25) is 0 Å². The predicted molar refractivity (Wildman–Crippen MR) is 77.7 cm³/mol. The molecule has 0 aliphatic carbocycles. The van der Waals surface area contributed by atoms with Crippen molar-refractivity contribution >= 4 is 27.5 Å². The Kier molecular flexibility index (Phi) is 4.21. The van der Waals surface area contributed by atoms with Crippen LogP contribution in [0.15, 0.2) is 41.1 Å². The molecule has 0 radical (unpaired) electrons. The van der Waals surface area contributed by atoms with Crippen LogP contribution in [0.2, 0.25) is 0 Å². The summed E-state index contributed by atoms with van der Waals surface area (Å²) >= 11 is 3.30. The second-order valence-electron chi connectivity index (χ2n) is 4.34. The number of nitrogen functional groups attached to an aromatic ring is 1. The fourth-order valence-electron chi connectivity index (χ4n) is 1.73. The minimum Gasteiger partial charge on any atom is -0.398 e. The lowest BCUT2D eigenvalue weighted by Gasteiger charge is -2.14. The molecule has 5 nitrogen and oxygen atoms in total. The summed E-state index contributed by atoms with van der Waals surface area (Å²) in [5.74, 6) is -0.140. The molecule has 6 heteroatoms. The summed E-state index contributed by atoms with van der Waals surface area (Å²) in [6.07, 6.45) is 3.57. The van der Waals surface area contributed by atoms with Crippen molar-refractivity contribution in [2.75, 3.05) is 5.73 Å². The maximum Gasteiger partial charge on any atom is 0.251 e. The molecule has 0 aliphatic rings. The van der Waals surface area contributed by atoms with Gasteiger partial charge >= 0.3 is 0 Å². The third-order valence-electron chi connectivity index (χ3n) is 2.66. The fourth-order valence-corrected chi connectivity index (χ4v) is 1.97. The van der Waals surface area contributed by atoms with Gasteiger partial charge in [0.1, 0.15) is 0 Å². The number of aromatic nitrogens is 2. The van der Waals surface area contributed by atoms with Gasteiger partial charge in [0.05, 0.1) is 6.54 Å². The fraction of sp³-hybridized carbons (Fsp3) is 0.231. The van der Waals surface area contributed by atoms with Gasteiger partial charge in [-0.3, -0.25) is 9.48 Å². The number of halogens is 1. The molecular formula is C13H15BrN4O. The van der Waals surface area contributed by atoms with Crippen molar-refractivity contribution in [3.05, 3.63) is 46.7 Å². The second-order valence-corrected chi connectivity index (χ2v) is 5.19. The van der Waals surface area contributed by atoms with Crippen LogP contribution >= 0.6 is 15.9 Å². The standard InChI is InChI=1S/C13H15BrN4O/c1-9(8-18-6-2-5-16-18)17-13(19)10-3-4-11(14)12(15)7-10/h2-7,9H,8,15H2,1H3,(H,17,19). The van der Waals surface area contributed by atoms with Crippen LogP contribution in [-0.4, -0.2) is 21.7 Å². The molecule has 3 N–H and O–H groups in total. The Hall–Kier alpha value is -1.82. The molecule has 1 amide bonds. The molecule has 1 aromatic heterocycles. The highest BCUT2D eigenvalue weighted by molar-refractivity contribution is 9.10. The Balaban J connectivity index is 1.98. The van der Waals surface area contributed by atoms with Gasteiger partial charge in [-0.25, -0.2) is 0 Å². The first-order valence-corrected chi connectivity index (χ1v) is 6.69. The Bertz CT molecular complexity index is 568. The molecule has 0 spiro atoms. The third kappa shape index (κ3) is 3.57. The van der Waals surface area contributed by atoms with Crippen LogP contribution in [0.3, 0.4) is 0 Å². The summed E-state index contributed by atoms with van der Waals surface area (Å²) in [5.41, 5.74) is 6.86. The number of anilines is 1. The Morgan fingerprint density at radius 1 is 1.58 bits per heavy atom. The number of carbonyl (C=O) groups is 1. The molecule has 100 valence electrons. The lowest BCUT2D eigenvalue weighted by atomic mass is 10.2. The normalized spacial score (nSPS) is 12.1. The van der Waals surface area contributed by atoms with Crippen molar-refractivity contribution in [2.45, 2.75) is 19.5 Å². The van der Waals surface area contributed by atoms with Crippen LogP contribution in [0.25, 0.3) is 0 Å². The zero-order valence-electron chi connectivity index (χ0n) is 10.5. The minimum atomic E-state index is -0.140. The first-order valence-electron chi connectivity index (χ1n) is 5.89. The molecule has 2 aromatic rings. The van der Waals surface area contributed by atoms with Crippen molar-refractivity contribution < 1.29 is 4.79 Å². The maximum absolute atomic E-state index is 12.0. The number of hydrogen-bond donors (Lipinski definition) is 2. The van der Waals surface area contributed by atoms with Gasteiger partial charge in [-0.15, -0.1) is 0 Å². The zero-order valence-corrected chi connectivity index (χ0v) is 12.1. The van der Waals surface area contributed by atoms with Crippen LogP contribution in [0.1, 0.15) is 17.3 Å². The summed E-state index contributed by atoms with van der Waals surface area (Å²) in [5, 5.41) is 7.01. The van der Waals surface area contributed by atoms with Crippen LogP contribution in [0.5, 0.6) is 0 Å². The minimum absolute atomic E-state index is 0.0164. The number of rotatable bonds is 4. The Morgan fingerprint density at radius 2 is 2.37 bits per heavy atom. The number of hydrogen-bond acceptors (Lipinski definition) is 3. The number of benzene rings is 1. The first-order chi connectivity index (χ1) is 9.06. The highest BCUT2D eigenvalue weighted by Crippen LogP contribution is 2.20. The highest BCUT2D eigenvalue weighted by Gasteiger charge is 2.11. The van der Waals surface area contributed by atoms with Gasteiger partial charge < -0.3 is 11.1 Å². The van der Waals surface area contributed by atoms with E-state index < -0.39 is 0 Å². The quantitative estimate of drug-likeness (QED) is 0.846. The van der Waals surface area contributed by atoms with E-state index in [1.807, 2.05) is 19.2 Å². The van der Waals surface area contributed by atoms with E-state index in [0.29, 0.717) is 17.8 Å². The average molecular weight is 323 g/mol. The molecule has 0 bridgehead atoms. The molecular weight excluding hydrogens is 308 g/mol. The largest absolute Gasteiger partial charge is 0.398 e. The molecule has 1 atom stereocenters. The van der Waals surface area contributed by atoms with Crippen molar-refractivity contribution in [1.82, 2.24) is 15.1 Å². The van der Waals surface area contributed by atoms with E-state index in [-0.39, 0.29) is 11.9 Å². The molecule has 0 fully saturated rings. The van der Waals surface area contributed by atoms with Gasteiger partial charge in [-0.05, 0) is 47.1 Å². The van der Waals surface area contributed by atoms with Crippen LogP contribution in [0.4, 0.5) is 5.69 Å². The monoisotopic (exact) mass is 322 g/mol. The molecule has 1 aromatic carbocycles. The third-order valence-corrected chi connectivity index (χ3v) is 3.38. The van der Waals surface area contributed by atoms with Gasteiger partial charge in [0.15, 0.2) is 0 Å². The average Bonchev–Trinajstić information content (AvgIpc) is 2.85. The molecule has 19 heavy (non-hydrogen) atoms. The number of nitrogens with one attached hydrogen (secondary N) is 1. The van der Waals surface area contributed by atoms with Gasteiger partial charge in [-0.2, -0.15) is 5.10 Å². The van der Waals surface area contributed by atoms with E-state index >= 15 is 0 Å². The van der Waals surface area contributed by atoms with E-state index in [1.165, 1.54) is 0 Å². The first kappa shape index (κ1) is 13.6. The lowest BCUT2D eigenvalue weighted by molar-refractivity contribution is 0.0936. The van der Waals surface area contributed by atoms with Crippen molar-refractivity contribution in [3.8, 4) is 0 Å². The number of amides is 1. The molecule has 1 unspecified atom stereocenters. The number of nitrogens with two attached hydrogens (primary N) is 1. The Labute approximate surface area is 119 Å². The van der Waals surface area contributed by atoms with E-state index in [0.717, 1.165) is 4.47 Å².